The first-order valence-corrected chi connectivity index (χ1v) is 5.92. The molecule has 0 unspecified atom stereocenters. The molecule has 0 N–H and O–H groups in total. The van der Waals surface area contributed by atoms with Crippen LogP contribution in [0.2, 0.25) is 0 Å². The predicted octanol–water partition coefficient (Wildman–Crippen LogP) is 0.237. The van der Waals surface area contributed by atoms with Crippen molar-refractivity contribution in [2.24, 2.45) is 0 Å². The molecule has 2 rings (SSSR count). The molecule has 0 bridgehead atoms. The number of carbonyl (C=O) groups excluding carboxylic acids is 2. The number of hydrogen-bond donors (Lipinski definition) is 0. The fourth-order valence-corrected chi connectivity index (χ4v) is 3.94. The Morgan fingerprint density at radius 1 is 1.44 bits per heavy atom. The molecule has 0 aromatic rings. The zero-order valence-electron chi connectivity index (χ0n) is 9.72. The van der Waals surface area contributed by atoms with E-state index in [-0.39, 0.29) is 22.0 Å². The van der Waals surface area contributed by atoms with Gasteiger partial charge >= 0.3 is 5.97 Å². The summed E-state index contributed by atoms with van der Waals surface area (Å²) in [5.41, 5.74) is 0. The van der Waals surface area contributed by atoms with Gasteiger partial charge in [0, 0.05) is 11.9 Å². The van der Waals surface area contributed by atoms with Gasteiger partial charge < -0.3 is 14.4 Å². The number of ether oxygens (including phenoxy) is 2. The van der Waals surface area contributed by atoms with Crippen molar-refractivity contribution in [1.29, 1.82) is 0 Å². The Kier molecular flexibility index (Phi) is 2.66. The molecule has 2 fully saturated rings. The third kappa shape index (κ3) is 1.36. The third-order valence-corrected chi connectivity index (χ3v) is 4.62. The van der Waals surface area contributed by atoms with Crippen LogP contribution in [0, 0.1) is 0 Å². The van der Waals surface area contributed by atoms with E-state index in [9.17, 15) is 9.59 Å². The largest absolute Gasteiger partial charge is 0.467 e. The van der Waals surface area contributed by atoms with Crippen LogP contribution in [0.25, 0.3) is 0 Å². The number of thioether (sulfide) groups is 1. The number of esters is 1. The van der Waals surface area contributed by atoms with Crippen LogP contribution in [-0.2, 0) is 19.1 Å². The van der Waals surface area contributed by atoms with Crippen LogP contribution in [0.15, 0.2) is 0 Å². The first kappa shape index (κ1) is 11.7. The van der Waals surface area contributed by atoms with Crippen molar-refractivity contribution < 1.29 is 19.1 Å². The van der Waals surface area contributed by atoms with E-state index in [1.54, 1.807) is 16.7 Å². The van der Waals surface area contributed by atoms with Crippen LogP contribution in [0.4, 0.5) is 0 Å². The normalized spacial score (nSPS) is 35.6. The summed E-state index contributed by atoms with van der Waals surface area (Å²) in [6.45, 7) is 3.88. The topological polar surface area (TPSA) is 55.8 Å². The molecule has 0 spiro atoms. The molecule has 90 valence electrons. The van der Waals surface area contributed by atoms with Crippen LogP contribution in [0.1, 0.15) is 13.8 Å². The standard InChI is InChI=1S/C10H15NO4S/c1-10(2)6(9(13)15-4)11-7(12)5(14-3)8(11)16-10/h5-6,8H,1-4H3/t5-,6-,8+/m0/s1. The average Bonchev–Trinajstić information content (AvgIpc) is 2.47. The Bertz CT molecular complexity index is 344. The van der Waals surface area contributed by atoms with E-state index in [1.807, 2.05) is 13.8 Å². The maximum absolute atomic E-state index is 11.8. The van der Waals surface area contributed by atoms with Crippen molar-refractivity contribution in [1.82, 2.24) is 4.90 Å². The Morgan fingerprint density at radius 3 is 2.56 bits per heavy atom. The lowest BCUT2D eigenvalue weighted by molar-refractivity contribution is -0.173. The molecule has 0 aromatic heterocycles. The molecule has 16 heavy (non-hydrogen) atoms. The molecular formula is C10H15NO4S. The molecule has 5 nitrogen and oxygen atoms in total. The van der Waals surface area contributed by atoms with E-state index < -0.39 is 12.1 Å². The van der Waals surface area contributed by atoms with Crippen molar-refractivity contribution in [2.75, 3.05) is 14.2 Å². The molecule has 0 aliphatic carbocycles. The van der Waals surface area contributed by atoms with Gasteiger partial charge in [-0.25, -0.2) is 4.79 Å². The highest BCUT2D eigenvalue weighted by Gasteiger charge is 2.64. The van der Waals surface area contributed by atoms with Gasteiger partial charge in [0.2, 0.25) is 0 Å². The average molecular weight is 245 g/mol. The van der Waals surface area contributed by atoms with Gasteiger partial charge in [-0.1, -0.05) is 0 Å². The number of carbonyl (C=O) groups is 2. The quantitative estimate of drug-likeness (QED) is 0.515. The van der Waals surface area contributed by atoms with Crippen LogP contribution in [0.3, 0.4) is 0 Å². The lowest BCUT2D eigenvalue weighted by Crippen LogP contribution is -2.66. The second kappa shape index (κ2) is 3.63. The first-order valence-electron chi connectivity index (χ1n) is 5.04. The van der Waals surface area contributed by atoms with Gasteiger partial charge in [-0.15, -0.1) is 11.8 Å². The van der Waals surface area contributed by atoms with Gasteiger partial charge in [0.15, 0.2) is 6.10 Å². The number of methoxy groups -OCH3 is 2. The number of nitrogens with zero attached hydrogens (tertiary/aromatic N) is 1. The van der Waals surface area contributed by atoms with Crippen molar-refractivity contribution >= 4 is 23.6 Å². The minimum absolute atomic E-state index is 0.0587. The molecule has 0 aromatic carbocycles. The number of β-lactam (4-membered cyclic amide) rings is 1. The van der Waals surface area contributed by atoms with E-state index in [0.29, 0.717) is 0 Å². The SMILES string of the molecule is COC(=O)[C@@H]1N2C(=O)[C@H](OC)[C@H]2SC1(C)C. The number of fused-ring (bicyclic) bond motifs is 1. The van der Waals surface area contributed by atoms with Crippen LogP contribution >= 0.6 is 11.8 Å². The lowest BCUT2D eigenvalue weighted by atomic mass is 9.97. The molecule has 0 saturated carbocycles. The molecule has 3 atom stereocenters. The van der Waals surface area contributed by atoms with E-state index >= 15 is 0 Å². The van der Waals surface area contributed by atoms with Crippen molar-refractivity contribution in [3.05, 3.63) is 0 Å². The van der Waals surface area contributed by atoms with Crippen LogP contribution in [-0.4, -0.2) is 53.3 Å². The third-order valence-electron chi connectivity index (χ3n) is 3.07. The van der Waals surface area contributed by atoms with Gasteiger partial charge in [0.1, 0.15) is 11.4 Å². The van der Waals surface area contributed by atoms with E-state index in [2.05, 4.69) is 0 Å². The van der Waals surface area contributed by atoms with Crippen molar-refractivity contribution in [3.8, 4) is 0 Å². The number of hydrogen-bond acceptors (Lipinski definition) is 5. The summed E-state index contributed by atoms with van der Waals surface area (Å²) in [6, 6.07) is -0.508. The smallest absolute Gasteiger partial charge is 0.330 e. The highest BCUT2D eigenvalue weighted by molar-refractivity contribution is 8.01. The van der Waals surface area contributed by atoms with Gasteiger partial charge in [0.05, 0.1) is 7.11 Å². The molecular weight excluding hydrogens is 230 g/mol. The zero-order chi connectivity index (χ0) is 12.1. The Morgan fingerprint density at radius 2 is 2.06 bits per heavy atom. The van der Waals surface area contributed by atoms with Crippen LogP contribution in [0.5, 0.6) is 0 Å². The summed E-state index contributed by atoms with van der Waals surface area (Å²) in [5.74, 6) is -0.483. The minimum atomic E-state index is -0.508. The number of rotatable bonds is 2. The molecule has 1 amide bonds. The molecule has 2 heterocycles. The first-order chi connectivity index (χ1) is 7.44. The molecule has 2 aliphatic heterocycles. The summed E-state index contributed by atoms with van der Waals surface area (Å²) < 4.78 is 9.52. The van der Waals surface area contributed by atoms with Gasteiger partial charge in [-0.05, 0) is 13.8 Å². The molecule has 2 aliphatic rings. The molecule has 6 heteroatoms. The highest BCUT2D eigenvalue weighted by Crippen LogP contribution is 2.51. The van der Waals surface area contributed by atoms with E-state index in [1.165, 1.54) is 14.2 Å². The molecule has 0 radical (unpaired) electrons. The van der Waals surface area contributed by atoms with Crippen molar-refractivity contribution in [2.45, 2.75) is 36.1 Å². The maximum Gasteiger partial charge on any atom is 0.330 e. The summed E-state index contributed by atoms with van der Waals surface area (Å²) in [5, 5.41) is -0.0587. The van der Waals surface area contributed by atoms with Crippen molar-refractivity contribution in [3.63, 3.8) is 0 Å². The monoisotopic (exact) mass is 245 g/mol. The van der Waals surface area contributed by atoms with Crippen LogP contribution < -0.4 is 0 Å². The van der Waals surface area contributed by atoms with E-state index in [0.717, 1.165) is 0 Å². The summed E-state index contributed by atoms with van der Waals surface area (Å²) in [4.78, 5) is 25.0. The summed E-state index contributed by atoms with van der Waals surface area (Å²) in [6.07, 6.45) is -0.418. The van der Waals surface area contributed by atoms with Gasteiger partial charge in [-0.2, -0.15) is 0 Å². The lowest BCUT2D eigenvalue weighted by Gasteiger charge is -2.42. The fraction of sp³-hybridized carbons (Fsp3) is 0.800. The second-order valence-electron chi connectivity index (χ2n) is 4.44. The predicted molar refractivity (Wildman–Crippen MR) is 58.9 cm³/mol. The van der Waals surface area contributed by atoms with E-state index in [4.69, 9.17) is 9.47 Å². The Hall–Kier alpha value is -0.750. The van der Waals surface area contributed by atoms with Gasteiger partial charge in [-0.3, -0.25) is 4.79 Å². The second-order valence-corrected chi connectivity index (χ2v) is 6.21. The number of amides is 1. The Balaban J connectivity index is 2.26. The Labute approximate surface area is 98.4 Å². The minimum Gasteiger partial charge on any atom is -0.467 e. The highest BCUT2D eigenvalue weighted by atomic mass is 32.2. The summed E-state index contributed by atoms with van der Waals surface area (Å²) in [7, 11) is 2.85. The van der Waals surface area contributed by atoms with Gasteiger partial charge in [0.25, 0.3) is 5.91 Å². The molecule has 2 saturated heterocycles. The maximum atomic E-state index is 11.8. The summed E-state index contributed by atoms with van der Waals surface area (Å²) >= 11 is 1.59. The zero-order valence-corrected chi connectivity index (χ0v) is 10.5. The fourth-order valence-electron chi connectivity index (χ4n) is 2.29.